The summed E-state index contributed by atoms with van der Waals surface area (Å²) >= 11 is 0. The van der Waals surface area contributed by atoms with Crippen LogP contribution in [0.1, 0.15) is 38.2 Å². The molecule has 1 rings (SSSR count). The van der Waals surface area contributed by atoms with Gasteiger partial charge in [0.15, 0.2) is 0 Å². The van der Waals surface area contributed by atoms with Crippen LogP contribution in [0.5, 0.6) is 5.75 Å². The molecule has 0 saturated heterocycles. The van der Waals surface area contributed by atoms with Gasteiger partial charge in [-0.2, -0.15) is 0 Å². The molecule has 0 fully saturated rings. The number of rotatable bonds is 16. The first-order valence-corrected chi connectivity index (χ1v) is 11.6. The number of nitrogens with one attached hydrogen (secondary N) is 3. The van der Waals surface area contributed by atoms with Crippen LogP contribution in [0.3, 0.4) is 0 Å². The van der Waals surface area contributed by atoms with E-state index in [-0.39, 0.29) is 31.4 Å². The lowest BCUT2D eigenvalue weighted by Crippen LogP contribution is -2.60. The molecule has 0 aliphatic rings. The van der Waals surface area contributed by atoms with E-state index in [1.807, 2.05) is 0 Å². The van der Waals surface area contributed by atoms with Gasteiger partial charge in [-0.3, -0.25) is 24.0 Å². The lowest BCUT2D eigenvalue weighted by atomic mass is 10.0. The van der Waals surface area contributed by atoms with Crippen LogP contribution in [-0.4, -0.2) is 86.3 Å². The molecule has 0 aliphatic heterocycles. The number of amides is 4. The average Bonchev–Trinajstić information content (AvgIpc) is 2.83. The minimum Gasteiger partial charge on any atom is -0.508 e. The highest BCUT2D eigenvalue weighted by molar-refractivity contribution is 5.94. The van der Waals surface area contributed by atoms with Crippen molar-refractivity contribution in [1.82, 2.24) is 16.0 Å². The van der Waals surface area contributed by atoms with Crippen LogP contribution in [0.25, 0.3) is 0 Å². The van der Waals surface area contributed by atoms with Crippen LogP contribution in [0.4, 0.5) is 0 Å². The van der Waals surface area contributed by atoms with Gasteiger partial charge in [0.25, 0.3) is 0 Å². The van der Waals surface area contributed by atoms with Crippen molar-refractivity contribution in [3.8, 4) is 5.75 Å². The van der Waals surface area contributed by atoms with E-state index in [1.54, 1.807) is 0 Å². The summed E-state index contributed by atoms with van der Waals surface area (Å²) in [6, 6.07) is -0.239. The molecule has 210 valence electrons. The summed E-state index contributed by atoms with van der Waals surface area (Å²) in [5, 5.41) is 44.5. The number of carboxylic acids is 2. The van der Waals surface area contributed by atoms with Gasteiger partial charge in [0.05, 0.1) is 12.1 Å². The minimum atomic E-state index is -1.60. The number of hydrogen-bond acceptors (Lipinski definition) is 9. The topological polar surface area (TPSA) is 271 Å². The van der Waals surface area contributed by atoms with Gasteiger partial charge in [0.1, 0.15) is 23.9 Å². The van der Waals surface area contributed by atoms with Crippen molar-refractivity contribution in [1.29, 1.82) is 0 Å². The van der Waals surface area contributed by atoms with Gasteiger partial charge in [0, 0.05) is 19.3 Å². The number of phenolic OH excluding ortho intramolecular Hbond substituents is 1. The van der Waals surface area contributed by atoms with Gasteiger partial charge < -0.3 is 47.8 Å². The number of carboxylic acid groups (broad SMARTS) is 2. The van der Waals surface area contributed by atoms with Crippen LogP contribution in [0, 0.1) is 0 Å². The number of phenols is 1. The smallest absolute Gasteiger partial charge is 0.326 e. The lowest BCUT2D eigenvalue weighted by Gasteiger charge is -2.26. The fourth-order valence-corrected chi connectivity index (χ4v) is 3.23. The van der Waals surface area contributed by atoms with Gasteiger partial charge in [-0.15, -0.1) is 0 Å². The van der Waals surface area contributed by atoms with Crippen molar-refractivity contribution in [3.05, 3.63) is 29.8 Å². The number of primary amides is 1. The predicted molar refractivity (Wildman–Crippen MR) is 130 cm³/mol. The highest BCUT2D eigenvalue weighted by atomic mass is 16.4. The third-order valence-electron chi connectivity index (χ3n) is 5.37. The van der Waals surface area contributed by atoms with Crippen molar-refractivity contribution in [2.24, 2.45) is 11.5 Å². The fourth-order valence-electron chi connectivity index (χ4n) is 3.23. The normalized spacial score (nSPS) is 14.7. The highest BCUT2D eigenvalue weighted by Crippen LogP contribution is 2.12. The van der Waals surface area contributed by atoms with Gasteiger partial charge in [-0.25, -0.2) is 4.79 Å². The number of aromatic hydroxyl groups is 1. The molecular formula is C23H33N5O10. The van der Waals surface area contributed by atoms with Gasteiger partial charge >= 0.3 is 11.9 Å². The molecule has 1 aromatic rings. The average molecular weight is 540 g/mol. The first-order chi connectivity index (χ1) is 17.7. The van der Waals surface area contributed by atoms with Gasteiger partial charge in [0.2, 0.25) is 23.6 Å². The predicted octanol–water partition coefficient (Wildman–Crippen LogP) is -2.69. The van der Waals surface area contributed by atoms with Crippen molar-refractivity contribution in [2.45, 2.75) is 69.3 Å². The van der Waals surface area contributed by atoms with Crippen LogP contribution in [-0.2, 0) is 35.2 Å². The Labute approximate surface area is 217 Å². The molecule has 0 radical (unpaired) electrons. The fraction of sp³-hybridized carbons (Fsp3) is 0.478. The van der Waals surface area contributed by atoms with Crippen molar-refractivity contribution < 1.29 is 49.2 Å². The Morgan fingerprint density at radius 2 is 1.42 bits per heavy atom. The number of benzene rings is 1. The summed E-state index contributed by atoms with van der Waals surface area (Å²) in [5.41, 5.74) is 11.2. The number of aliphatic hydroxyl groups is 1. The Bertz CT molecular complexity index is 1010. The van der Waals surface area contributed by atoms with E-state index in [4.69, 9.17) is 16.6 Å². The van der Waals surface area contributed by atoms with Crippen LogP contribution >= 0.6 is 0 Å². The van der Waals surface area contributed by atoms with E-state index in [0.29, 0.717) is 5.56 Å². The van der Waals surface area contributed by atoms with Crippen molar-refractivity contribution in [3.63, 3.8) is 0 Å². The molecule has 4 amide bonds. The summed E-state index contributed by atoms with van der Waals surface area (Å²) in [7, 11) is 0. The van der Waals surface area contributed by atoms with E-state index in [0.717, 1.165) is 0 Å². The molecule has 5 unspecified atom stereocenters. The van der Waals surface area contributed by atoms with Crippen LogP contribution in [0.15, 0.2) is 24.3 Å². The molecule has 0 saturated carbocycles. The standard InChI is InChI=1S/C23H33N5O10/c1-11(29)19(28-20(34)14(24)6-9-18(32)33)22(36)27-16(10-12-2-4-13(30)5-3-12)21(35)26-15(23(37)38)7-8-17(25)31/h2-5,11,14-16,19,29-30H,6-10,24H2,1H3,(H2,25,31)(H,26,35)(H,27,36)(H,28,34)(H,32,33)(H,37,38). The number of hydrogen-bond donors (Lipinski definition) is 9. The number of carbonyl (C=O) groups is 6. The minimum absolute atomic E-state index is 0.0627. The summed E-state index contributed by atoms with van der Waals surface area (Å²) in [5.74, 6) is -6.35. The quantitative estimate of drug-likeness (QED) is 0.104. The zero-order valence-electron chi connectivity index (χ0n) is 20.6. The van der Waals surface area contributed by atoms with E-state index in [2.05, 4.69) is 16.0 Å². The largest absolute Gasteiger partial charge is 0.508 e. The lowest BCUT2D eigenvalue weighted by molar-refractivity contribution is -0.143. The van der Waals surface area contributed by atoms with E-state index >= 15 is 0 Å². The van der Waals surface area contributed by atoms with Crippen LogP contribution in [0.2, 0.25) is 0 Å². The number of aliphatic hydroxyl groups excluding tert-OH is 1. The van der Waals surface area contributed by atoms with Gasteiger partial charge in [-0.1, -0.05) is 12.1 Å². The molecular weight excluding hydrogens is 506 g/mol. The number of nitrogens with two attached hydrogens (primary N) is 2. The van der Waals surface area contributed by atoms with Crippen molar-refractivity contribution >= 4 is 35.6 Å². The maximum atomic E-state index is 13.0. The van der Waals surface area contributed by atoms with Crippen molar-refractivity contribution in [2.75, 3.05) is 0 Å². The Balaban J connectivity index is 3.11. The van der Waals surface area contributed by atoms with E-state index < -0.39 is 72.3 Å². The summed E-state index contributed by atoms with van der Waals surface area (Å²) in [6.45, 7) is 1.19. The molecule has 38 heavy (non-hydrogen) atoms. The number of carbonyl (C=O) groups excluding carboxylic acids is 4. The molecule has 1 aromatic carbocycles. The molecule has 0 heterocycles. The Morgan fingerprint density at radius 3 is 1.92 bits per heavy atom. The summed E-state index contributed by atoms with van der Waals surface area (Å²) in [6.07, 6.45) is -2.93. The molecule has 0 aliphatic carbocycles. The SMILES string of the molecule is CC(O)C(NC(=O)C(N)CCC(=O)O)C(=O)NC(Cc1ccc(O)cc1)C(=O)NC(CCC(N)=O)C(=O)O. The molecule has 0 aromatic heterocycles. The second kappa shape index (κ2) is 15.1. The zero-order valence-corrected chi connectivity index (χ0v) is 20.6. The maximum Gasteiger partial charge on any atom is 0.326 e. The first-order valence-electron chi connectivity index (χ1n) is 11.6. The third-order valence-corrected chi connectivity index (χ3v) is 5.37. The first kappa shape index (κ1) is 31.8. The highest BCUT2D eigenvalue weighted by Gasteiger charge is 2.32. The molecule has 15 nitrogen and oxygen atoms in total. The Hall–Kier alpha value is -4.24. The maximum absolute atomic E-state index is 13.0. The zero-order chi connectivity index (χ0) is 29.0. The summed E-state index contributed by atoms with van der Waals surface area (Å²) in [4.78, 5) is 71.6. The monoisotopic (exact) mass is 539 g/mol. The number of aliphatic carboxylic acids is 2. The molecule has 0 bridgehead atoms. The Kier molecular flexibility index (Phi) is 12.6. The second-order valence-corrected chi connectivity index (χ2v) is 8.60. The Morgan fingerprint density at radius 1 is 0.842 bits per heavy atom. The van der Waals surface area contributed by atoms with Gasteiger partial charge in [-0.05, 0) is 37.5 Å². The van der Waals surface area contributed by atoms with E-state index in [1.165, 1.54) is 31.2 Å². The molecule has 0 spiro atoms. The summed E-state index contributed by atoms with van der Waals surface area (Å²) < 4.78 is 0. The second-order valence-electron chi connectivity index (χ2n) is 8.60. The molecule has 11 N–H and O–H groups in total. The molecule has 5 atom stereocenters. The third kappa shape index (κ3) is 11.2. The van der Waals surface area contributed by atoms with E-state index in [9.17, 15) is 44.1 Å². The van der Waals surface area contributed by atoms with Crippen LogP contribution < -0.4 is 27.4 Å². The molecule has 15 heteroatoms.